The summed E-state index contributed by atoms with van der Waals surface area (Å²) >= 11 is 6.97. The van der Waals surface area contributed by atoms with E-state index in [4.69, 9.17) is 12.2 Å². The second-order valence-electron chi connectivity index (χ2n) is 5.32. The quantitative estimate of drug-likeness (QED) is 0.867. The topological polar surface area (TPSA) is 45.2 Å². The number of fused-ring (bicyclic) bond motifs is 1. The Morgan fingerprint density at radius 3 is 2.90 bits per heavy atom. The van der Waals surface area contributed by atoms with E-state index in [1.54, 1.807) is 16.2 Å². The van der Waals surface area contributed by atoms with E-state index in [1.807, 2.05) is 25.1 Å². The summed E-state index contributed by atoms with van der Waals surface area (Å²) in [6.45, 7) is 1.82. The zero-order chi connectivity index (χ0) is 13.9. The van der Waals surface area contributed by atoms with Crippen LogP contribution in [0.4, 0.5) is 5.69 Å². The summed E-state index contributed by atoms with van der Waals surface area (Å²) in [5.41, 5.74) is 1.84. The van der Waals surface area contributed by atoms with Crippen molar-refractivity contribution >= 4 is 50.5 Å². The number of aromatic nitrogens is 1. The number of carbonyl (C=O) groups excluding carboxylic acids is 1. The summed E-state index contributed by atoms with van der Waals surface area (Å²) < 4.78 is 1.12. The fourth-order valence-corrected chi connectivity index (χ4v) is 3.97. The second kappa shape index (κ2) is 4.23. The molecule has 1 aromatic heterocycles. The monoisotopic (exact) mass is 303 g/mol. The Morgan fingerprint density at radius 2 is 2.25 bits per heavy atom. The van der Waals surface area contributed by atoms with Gasteiger partial charge < -0.3 is 5.32 Å². The van der Waals surface area contributed by atoms with Gasteiger partial charge in [-0.05, 0) is 50.2 Å². The SMILES string of the molecule is C[C@H]1NC(=S)N(c2ccc3nc(C4CC4)sc3c2)C1=O. The molecular formula is C14H13N3OS2. The molecule has 2 heterocycles. The lowest BCUT2D eigenvalue weighted by Crippen LogP contribution is -2.30. The Kier molecular flexibility index (Phi) is 2.59. The highest BCUT2D eigenvalue weighted by Crippen LogP contribution is 2.43. The predicted molar refractivity (Wildman–Crippen MR) is 84.3 cm³/mol. The maximum absolute atomic E-state index is 12.1. The number of thiazole rings is 1. The molecule has 1 saturated carbocycles. The second-order valence-corrected chi connectivity index (χ2v) is 6.77. The maximum Gasteiger partial charge on any atom is 0.255 e. The lowest BCUT2D eigenvalue weighted by atomic mass is 10.2. The van der Waals surface area contributed by atoms with Gasteiger partial charge in [0.05, 0.1) is 20.9 Å². The molecule has 0 bridgehead atoms. The molecule has 0 radical (unpaired) electrons. The van der Waals surface area contributed by atoms with Gasteiger partial charge in [0.1, 0.15) is 6.04 Å². The zero-order valence-electron chi connectivity index (χ0n) is 10.9. The van der Waals surface area contributed by atoms with Gasteiger partial charge in [0.25, 0.3) is 5.91 Å². The molecule has 4 nitrogen and oxygen atoms in total. The fourth-order valence-electron chi connectivity index (χ4n) is 2.42. The van der Waals surface area contributed by atoms with Gasteiger partial charge in [-0.1, -0.05) is 0 Å². The van der Waals surface area contributed by atoms with Crippen molar-refractivity contribution in [1.29, 1.82) is 0 Å². The van der Waals surface area contributed by atoms with Crippen LogP contribution >= 0.6 is 23.6 Å². The number of nitrogens with one attached hydrogen (secondary N) is 1. The first-order valence-electron chi connectivity index (χ1n) is 6.68. The highest BCUT2D eigenvalue weighted by atomic mass is 32.1. The molecule has 1 atom stereocenters. The fraction of sp³-hybridized carbons (Fsp3) is 0.357. The van der Waals surface area contributed by atoms with Crippen LogP contribution in [0.15, 0.2) is 18.2 Å². The molecule has 20 heavy (non-hydrogen) atoms. The third-order valence-corrected chi connectivity index (χ3v) is 5.19. The van der Waals surface area contributed by atoms with Gasteiger partial charge in [0, 0.05) is 5.92 Å². The van der Waals surface area contributed by atoms with Crippen molar-refractivity contribution in [2.75, 3.05) is 4.90 Å². The van der Waals surface area contributed by atoms with E-state index in [0.29, 0.717) is 11.0 Å². The van der Waals surface area contributed by atoms with Crippen molar-refractivity contribution in [3.8, 4) is 0 Å². The Hall–Kier alpha value is -1.53. The predicted octanol–water partition coefficient (Wildman–Crippen LogP) is 2.78. The molecule has 2 aliphatic rings. The molecule has 2 aromatic rings. The standard InChI is InChI=1S/C14H13N3OS2/c1-7-13(18)17(14(19)15-7)9-4-5-10-11(6-9)20-12(16-10)8-2-3-8/h4-8H,2-3H2,1H3,(H,15,19)/t7-/m1/s1. The number of rotatable bonds is 2. The smallest absolute Gasteiger partial charge is 0.255 e. The van der Waals surface area contributed by atoms with E-state index in [0.717, 1.165) is 15.9 Å². The molecule has 1 aliphatic heterocycles. The Morgan fingerprint density at radius 1 is 1.45 bits per heavy atom. The van der Waals surface area contributed by atoms with Crippen LogP contribution < -0.4 is 10.2 Å². The number of benzene rings is 1. The maximum atomic E-state index is 12.1. The van der Waals surface area contributed by atoms with Crippen molar-refractivity contribution < 1.29 is 4.79 Å². The van der Waals surface area contributed by atoms with Crippen LogP contribution in [0.25, 0.3) is 10.2 Å². The van der Waals surface area contributed by atoms with Crippen LogP contribution in [0.2, 0.25) is 0 Å². The molecule has 6 heteroatoms. The summed E-state index contributed by atoms with van der Waals surface area (Å²) in [4.78, 5) is 18.4. The van der Waals surface area contributed by atoms with E-state index >= 15 is 0 Å². The Labute approximate surface area is 125 Å². The van der Waals surface area contributed by atoms with E-state index in [2.05, 4.69) is 10.3 Å². The highest BCUT2D eigenvalue weighted by Gasteiger charge is 2.33. The largest absolute Gasteiger partial charge is 0.350 e. The third kappa shape index (κ3) is 1.83. The van der Waals surface area contributed by atoms with Crippen molar-refractivity contribution in [1.82, 2.24) is 10.3 Å². The normalized spacial score (nSPS) is 22.6. The summed E-state index contributed by atoms with van der Waals surface area (Å²) in [5, 5.41) is 4.69. The first-order valence-corrected chi connectivity index (χ1v) is 7.91. The van der Waals surface area contributed by atoms with Gasteiger partial charge in [0.2, 0.25) is 0 Å². The lowest BCUT2D eigenvalue weighted by molar-refractivity contribution is -0.117. The van der Waals surface area contributed by atoms with Crippen molar-refractivity contribution in [3.63, 3.8) is 0 Å². The van der Waals surface area contributed by atoms with Crippen molar-refractivity contribution in [2.24, 2.45) is 0 Å². The summed E-state index contributed by atoms with van der Waals surface area (Å²) in [5.74, 6) is 0.660. The minimum atomic E-state index is -0.248. The number of nitrogens with zero attached hydrogens (tertiary/aromatic N) is 2. The molecular weight excluding hydrogens is 290 g/mol. The number of amides is 1. The molecule has 1 amide bonds. The Bertz CT molecular complexity index is 735. The molecule has 102 valence electrons. The number of hydrogen-bond donors (Lipinski definition) is 1. The van der Waals surface area contributed by atoms with Crippen LogP contribution in [0.3, 0.4) is 0 Å². The summed E-state index contributed by atoms with van der Waals surface area (Å²) in [7, 11) is 0. The van der Waals surface area contributed by atoms with Crippen molar-refractivity contribution in [3.05, 3.63) is 23.2 Å². The lowest BCUT2D eigenvalue weighted by Gasteiger charge is -2.14. The minimum Gasteiger partial charge on any atom is -0.350 e. The van der Waals surface area contributed by atoms with Crippen LogP contribution in [-0.2, 0) is 4.79 Å². The van der Waals surface area contributed by atoms with Crippen molar-refractivity contribution in [2.45, 2.75) is 31.7 Å². The van der Waals surface area contributed by atoms with Gasteiger partial charge in [-0.2, -0.15) is 0 Å². The number of thiocarbonyl (C=S) groups is 1. The van der Waals surface area contributed by atoms with Crippen LogP contribution in [-0.4, -0.2) is 22.0 Å². The highest BCUT2D eigenvalue weighted by molar-refractivity contribution is 7.80. The molecule has 1 N–H and O–H groups in total. The van der Waals surface area contributed by atoms with Crippen LogP contribution in [0.5, 0.6) is 0 Å². The van der Waals surface area contributed by atoms with Crippen LogP contribution in [0, 0.1) is 0 Å². The summed E-state index contributed by atoms with van der Waals surface area (Å²) in [6, 6.07) is 5.67. The zero-order valence-corrected chi connectivity index (χ0v) is 12.6. The van der Waals surface area contributed by atoms with Gasteiger partial charge in [-0.25, -0.2) is 4.98 Å². The first kappa shape index (κ1) is 12.2. The number of anilines is 1. The number of hydrogen-bond acceptors (Lipinski definition) is 4. The Balaban J connectivity index is 1.76. The van der Waals surface area contributed by atoms with Crippen LogP contribution in [0.1, 0.15) is 30.7 Å². The molecule has 1 aliphatic carbocycles. The molecule has 1 aromatic carbocycles. The van der Waals surface area contributed by atoms with Gasteiger partial charge >= 0.3 is 0 Å². The molecule has 4 rings (SSSR count). The van der Waals surface area contributed by atoms with E-state index < -0.39 is 0 Å². The molecule has 0 spiro atoms. The van der Waals surface area contributed by atoms with E-state index in [9.17, 15) is 4.79 Å². The average Bonchev–Trinajstić information content (AvgIpc) is 3.13. The molecule has 2 fully saturated rings. The first-order chi connectivity index (χ1) is 9.63. The van der Waals surface area contributed by atoms with Gasteiger partial charge in [-0.3, -0.25) is 9.69 Å². The molecule has 0 unspecified atom stereocenters. The molecule has 1 saturated heterocycles. The number of carbonyl (C=O) groups is 1. The van der Waals surface area contributed by atoms with Gasteiger partial charge in [-0.15, -0.1) is 11.3 Å². The van der Waals surface area contributed by atoms with E-state index in [-0.39, 0.29) is 11.9 Å². The minimum absolute atomic E-state index is 0.00119. The van der Waals surface area contributed by atoms with Gasteiger partial charge in [0.15, 0.2) is 5.11 Å². The van der Waals surface area contributed by atoms with E-state index in [1.165, 1.54) is 17.8 Å². The summed E-state index contributed by atoms with van der Waals surface area (Å²) in [6.07, 6.45) is 2.51. The third-order valence-electron chi connectivity index (χ3n) is 3.71. The average molecular weight is 303 g/mol.